The van der Waals surface area contributed by atoms with Gasteiger partial charge in [-0.3, -0.25) is 4.79 Å². The van der Waals surface area contributed by atoms with E-state index in [0.717, 1.165) is 6.42 Å². The second-order valence-corrected chi connectivity index (χ2v) is 8.72. The maximum absolute atomic E-state index is 12.6. The van der Waals surface area contributed by atoms with E-state index in [9.17, 15) is 13.2 Å². The normalized spacial score (nSPS) is 12.5. The Morgan fingerprint density at radius 2 is 1.71 bits per heavy atom. The van der Waals surface area contributed by atoms with Crippen LogP contribution in [0.3, 0.4) is 0 Å². The van der Waals surface area contributed by atoms with Gasteiger partial charge in [0.05, 0.1) is 16.9 Å². The Balaban J connectivity index is 1.75. The summed E-state index contributed by atoms with van der Waals surface area (Å²) < 4.78 is 30.5. The molecule has 6 heteroatoms. The Kier molecular flexibility index (Phi) is 5.99. The standard InChI is InChI=1S/C22H23NO4S/c1-3-16(2)17-9-11-19(12-10-17)23-22(24)21-18(13-14-27-21)15-28(25,26)20-7-5-4-6-8-20/h4-14,16H,3,15H2,1-2H3,(H,23,24). The molecular formula is C22H23NO4S. The molecule has 1 unspecified atom stereocenters. The van der Waals surface area contributed by atoms with Crippen LogP contribution in [0.4, 0.5) is 5.69 Å². The van der Waals surface area contributed by atoms with Crippen molar-refractivity contribution >= 4 is 21.4 Å². The molecule has 0 spiro atoms. The van der Waals surface area contributed by atoms with Crippen LogP contribution in [0.1, 0.15) is 47.9 Å². The number of benzene rings is 2. The number of rotatable bonds is 7. The van der Waals surface area contributed by atoms with Crippen molar-refractivity contribution in [2.24, 2.45) is 0 Å². The van der Waals surface area contributed by atoms with E-state index >= 15 is 0 Å². The molecular weight excluding hydrogens is 374 g/mol. The number of hydrogen-bond donors (Lipinski definition) is 1. The van der Waals surface area contributed by atoms with E-state index in [-0.39, 0.29) is 16.4 Å². The smallest absolute Gasteiger partial charge is 0.291 e. The molecule has 1 amide bonds. The molecule has 0 saturated heterocycles. The predicted octanol–water partition coefficient (Wildman–Crippen LogP) is 5.02. The molecule has 0 aliphatic rings. The van der Waals surface area contributed by atoms with Crippen molar-refractivity contribution in [3.63, 3.8) is 0 Å². The van der Waals surface area contributed by atoms with Gasteiger partial charge in [-0.05, 0) is 48.2 Å². The molecule has 146 valence electrons. The van der Waals surface area contributed by atoms with Crippen molar-refractivity contribution in [3.8, 4) is 0 Å². The number of nitrogens with one attached hydrogen (secondary N) is 1. The van der Waals surface area contributed by atoms with Crippen LogP contribution in [0.5, 0.6) is 0 Å². The lowest BCUT2D eigenvalue weighted by Crippen LogP contribution is -2.14. The summed E-state index contributed by atoms with van der Waals surface area (Å²) in [4.78, 5) is 12.8. The number of amides is 1. The first kappa shape index (κ1) is 19.9. The summed E-state index contributed by atoms with van der Waals surface area (Å²) in [6, 6.07) is 17.3. The van der Waals surface area contributed by atoms with E-state index in [4.69, 9.17) is 4.42 Å². The Morgan fingerprint density at radius 1 is 1.04 bits per heavy atom. The van der Waals surface area contributed by atoms with Gasteiger partial charge >= 0.3 is 0 Å². The fourth-order valence-electron chi connectivity index (χ4n) is 2.88. The van der Waals surface area contributed by atoms with E-state index in [1.54, 1.807) is 18.2 Å². The molecule has 0 bridgehead atoms. The van der Waals surface area contributed by atoms with Gasteiger partial charge in [0, 0.05) is 11.3 Å². The fraction of sp³-hybridized carbons (Fsp3) is 0.227. The van der Waals surface area contributed by atoms with Crippen LogP contribution in [0, 0.1) is 0 Å². The molecule has 1 N–H and O–H groups in total. The van der Waals surface area contributed by atoms with E-state index in [1.165, 1.54) is 30.0 Å². The van der Waals surface area contributed by atoms with Crippen LogP contribution in [-0.2, 0) is 15.6 Å². The fourth-order valence-corrected chi connectivity index (χ4v) is 4.26. The van der Waals surface area contributed by atoms with Gasteiger partial charge in [-0.2, -0.15) is 0 Å². The van der Waals surface area contributed by atoms with Gasteiger partial charge in [0.1, 0.15) is 0 Å². The van der Waals surface area contributed by atoms with Crippen molar-refractivity contribution in [2.45, 2.75) is 36.8 Å². The van der Waals surface area contributed by atoms with Crippen molar-refractivity contribution in [3.05, 3.63) is 83.8 Å². The summed E-state index contributed by atoms with van der Waals surface area (Å²) in [7, 11) is -3.57. The number of sulfone groups is 1. The molecule has 1 atom stereocenters. The van der Waals surface area contributed by atoms with E-state index in [1.807, 2.05) is 24.3 Å². The second-order valence-electron chi connectivity index (χ2n) is 6.73. The molecule has 0 radical (unpaired) electrons. The third-order valence-electron chi connectivity index (χ3n) is 4.75. The van der Waals surface area contributed by atoms with Crippen LogP contribution in [-0.4, -0.2) is 14.3 Å². The molecule has 28 heavy (non-hydrogen) atoms. The summed E-state index contributed by atoms with van der Waals surface area (Å²) >= 11 is 0. The minimum atomic E-state index is -3.57. The lowest BCUT2D eigenvalue weighted by Gasteiger charge is -2.10. The third-order valence-corrected chi connectivity index (χ3v) is 6.43. The van der Waals surface area contributed by atoms with Crippen molar-refractivity contribution in [1.29, 1.82) is 0 Å². The van der Waals surface area contributed by atoms with E-state index in [0.29, 0.717) is 17.2 Å². The predicted molar refractivity (Wildman–Crippen MR) is 109 cm³/mol. The highest BCUT2D eigenvalue weighted by atomic mass is 32.2. The van der Waals surface area contributed by atoms with Gasteiger partial charge in [0.15, 0.2) is 15.6 Å². The summed E-state index contributed by atoms with van der Waals surface area (Å²) in [5.41, 5.74) is 2.16. The molecule has 1 aromatic heterocycles. The number of anilines is 1. The maximum Gasteiger partial charge on any atom is 0.291 e. The Bertz CT molecular complexity index is 1040. The van der Waals surface area contributed by atoms with Gasteiger partial charge in [0.2, 0.25) is 0 Å². The highest BCUT2D eigenvalue weighted by molar-refractivity contribution is 7.90. The molecule has 3 rings (SSSR count). The number of carbonyl (C=O) groups excluding carboxylic acids is 1. The van der Waals surface area contributed by atoms with Crippen molar-refractivity contribution in [2.75, 3.05) is 5.32 Å². The van der Waals surface area contributed by atoms with Crippen LogP contribution in [0.25, 0.3) is 0 Å². The molecule has 0 saturated carbocycles. The van der Waals surface area contributed by atoms with Gasteiger partial charge in [-0.15, -0.1) is 0 Å². The zero-order chi connectivity index (χ0) is 20.1. The first-order valence-electron chi connectivity index (χ1n) is 9.16. The number of furan rings is 1. The third kappa shape index (κ3) is 4.51. The lowest BCUT2D eigenvalue weighted by atomic mass is 9.99. The lowest BCUT2D eigenvalue weighted by molar-refractivity contribution is 0.0996. The molecule has 2 aromatic carbocycles. The molecule has 3 aromatic rings. The average Bonchev–Trinajstić information content (AvgIpc) is 3.16. The summed E-state index contributed by atoms with van der Waals surface area (Å²) in [5, 5.41) is 2.77. The molecule has 0 fully saturated rings. The first-order valence-corrected chi connectivity index (χ1v) is 10.8. The first-order chi connectivity index (χ1) is 13.4. The van der Waals surface area contributed by atoms with Crippen molar-refractivity contribution < 1.29 is 17.6 Å². The van der Waals surface area contributed by atoms with E-state index < -0.39 is 15.7 Å². The van der Waals surface area contributed by atoms with Crippen LogP contribution in [0.15, 0.2) is 76.2 Å². The quantitative estimate of drug-likeness (QED) is 0.607. The number of carbonyl (C=O) groups is 1. The number of hydrogen-bond acceptors (Lipinski definition) is 4. The second kappa shape index (κ2) is 8.44. The molecule has 0 aliphatic heterocycles. The Morgan fingerprint density at radius 3 is 2.36 bits per heavy atom. The monoisotopic (exact) mass is 397 g/mol. The highest BCUT2D eigenvalue weighted by Crippen LogP contribution is 2.23. The van der Waals surface area contributed by atoms with Crippen molar-refractivity contribution in [1.82, 2.24) is 0 Å². The van der Waals surface area contributed by atoms with Crippen LogP contribution < -0.4 is 5.32 Å². The molecule has 1 heterocycles. The largest absolute Gasteiger partial charge is 0.459 e. The highest BCUT2D eigenvalue weighted by Gasteiger charge is 2.22. The zero-order valence-corrected chi connectivity index (χ0v) is 16.7. The Hall–Kier alpha value is -2.86. The SMILES string of the molecule is CCC(C)c1ccc(NC(=O)c2occc2CS(=O)(=O)c2ccccc2)cc1. The minimum Gasteiger partial charge on any atom is -0.459 e. The summed E-state index contributed by atoms with van der Waals surface area (Å²) in [5.74, 6) is -0.321. The minimum absolute atomic E-state index is 0.00510. The molecule has 5 nitrogen and oxygen atoms in total. The van der Waals surface area contributed by atoms with Gasteiger partial charge in [0.25, 0.3) is 5.91 Å². The molecule has 0 aliphatic carbocycles. The zero-order valence-electron chi connectivity index (χ0n) is 15.9. The van der Waals surface area contributed by atoms with Crippen LogP contribution in [0.2, 0.25) is 0 Å². The van der Waals surface area contributed by atoms with Crippen LogP contribution >= 0.6 is 0 Å². The van der Waals surface area contributed by atoms with E-state index in [2.05, 4.69) is 19.2 Å². The summed E-state index contributed by atoms with van der Waals surface area (Å²) in [6.45, 7) is 4.28. The topological polar surface area (TPSA) is 76.4 Å². The average molecular weight is 397 g/mol. The Labute approximate surface area is 165 Å². The van der Waals surface area contributed by atoms with Gasteiger partial charge < -0.3 is 9.73 Å². The van der Waals surface area contributed by atoms with Gasteiger partial charge in [-0.25, -0.2) is 8.42 Å². The maximum atomic E-state index is 12.6. The summed E-state index contributed by atoms with van der Waals surface area (Å²) in [6.07, 6.45) is 2.37. The van der Waals surface area contributed by atoms with Gasteiger partial charge in [-0.1, -0.05) is 44.2 Å².